The molecule has 2 amide bonds. The molecule has 1 aromatic rings. The summed E-state index contributed by atoms with van der Waals surface area (Å²) in [6.07, 6.45) is 2.90. The van der Waals surface area contributed by atoms with Gasteiger partial charge in [0.15, 0.2) is 0 Å². The fourth-order valence-corrected chi connectivity index (χ4v) is 4.40. The van der Waals surface area contributed by atoms with Crippen molar-refractivity contribution in [1.82, 2.24) is 15.5 Å². The second-order valence-corrected chi connectivity index (χ2v) is 11.4. The SMILES string of the molecule is CCCCNC(=O)[C@H](C[C@H](O)[C@@H](N)C[C@H](CNC(=O)c1ccccc1OCCCN(C)C)C(C)C)C(C)C. The molecule has 8 nitrogen and oxygen atoms in total. The first kappa shape index (κ1) is 33.9. The average Bonchev–Trinajstić information content (AvgIpc) is 2.86. The third kappa shape index (κ3) is 12.6. The molecule has 0 fully saturated rings. The van der Waals surface area contributed by atoms with Crippen LogP contribution in [0, 0.1) is 23.7 Å². The van der Waals surface area contributed by atoms with Gasteiger partial charge in [-0.15, -0.1) is 0 Å². The molecule has 0 spiro atoms. The highest BCUT2D eigenvalue weighted by Crippen LogP contribution is 2.24. The number of amides is 2. The molecule has 4 atom stereocenters. The minimum absolute atomic E-state index is 0.0185. The predicted octanol–water partition coefficient (Wildman–Crippen LogP) is 3.68. The van der Waals surface area contributed by atoms with E-state index < -0.39 is 12.1 Å². The molecule has 38 heavy (non-hydrogen) atoms. The van der Waals surface area contributed by atoms with Gasteiger partial charge < -0.3 is 31.1 Å². The van der Waals surface area contributed by atoms with Gasteiger partial charge in [-0.1, -0.05) is 53.2 Å². The van der Waals surface area contributed by atoms with E-state index in [9.17, 15) is 14.7 Å². The van der Waals surface area contributed by atoms with Crippen LogP contribution in [-0.4, -0.2) is 74.3 Å². The Balaban J connectivity index is 2.71. The van der Waals surface area contributed by atoms with Crippen LogP contribution < -0.4 is 21.1 Å². The molecule has 218 valence electrons. The molecule has 0 aliphatic heterocycles. The summed E-state index contributed by atoms with van der Waals surface area (Å²) in [5.41, 5.74) is 6.95. The number of nitrogens with one attached hydrogen (secondary N) is 2. The first-order valence-corrected chi connectivity index (χ1v) is 14.3. The van der Waals surface area contributed by atoms with Crippen molar-refractivity contribution in [2.75, 3.05) is 40.3 Å². The Labute approximate surface area is 231 Å². The fourth-order valence-electron chi connectivity index (χ4n) is 4.40. The molecule has 0 aromatic heterocycles. The lowest BCUT2D eigenvalue weighted by Crippen LogP contribution is -2.44. The van der Waals surface area contributed by atoms with E-state index >= 15 is 0 Å². The zero-order valence-electron chi connectivity index (χ0n) is 24.8. The van der Waals surface area contributed by atoms with Crippen molar-refractivity contribution in [1.29, 1.82) is 0 Å². The minimum atomic E-state index is -0.799. The Morgan fingerprint density at radius 3 is 2.32 bits per heavy atom. The lowest BCUT2D eigenvalue weighted by Gasteiger charge is -2.30. The van der Waals surface area contributed by atoms with Gasteiger partial charge >= 0.3 is 0 Å². The molecular formula is C30H54N4O4. The third-order valence-electron chi connectivity index (χ3n) is 7.14. The number of para-hydroxylation sites is 1. The number of nitrogens with two attached hydrogens (primary N) is 1. The van der Waals surface area contributed by atoms with Crippen LogP contribution in [0.15, 0.2) is 24.3 Å². The van der Waals surface area contributed by atoms with Crippen molar-refractivity contribution in [2.24, 2.45) is 29.4 Å². The zero-order valence-corrected chi connectivity index (χ0v) is 24.8. The first-order valence-electron chi connectivity index (χ1n) is 14.3. The number of hydrogen-bond acceptors (Lipinski definition) is 6. The van der Waals surface area contributed by atoms with Gasteiger partial charge in [0.1, 0.15) is 5.75 Å². The summed E-state index contributed by atoms with van der Waals surface area (Å²) in [6, 6.07) is 6.80. The van der Waals surface area contributed by atoms with Crippen LogP contribution >= 0.6 is 0 Å². The number of carbonyl (C=O) groups excluding carboxylic acids is 2. The number of aliphatic hydroxyl groups excluding tert-OH is 1. The molecule has 1 rings (SSSR count). The molecule has 0 aliphatic rings. The van der Waals surface area contributed by atoms with Crippen LogP contribution in [0.4, 0.5) is 0 Å². The largest absolute Gasteiger partial charge is 0.493 e. The quantitative estimate of drug-likeness (QED) is 0.201. The van der Waals surface area contributed by atoms with E-state index in [0.717, 1.165) is 25.8 Å². The predicted molar refractivity (Wildman–Crippen MR) is 155 cm³/mol. The number of hydrogen-bond donors (Lipinski definition) is 4. The summed E-state index contributed by atoms with van der Waals surface area (Å²) < 4.78 is 5.89. The number of aliphatic hydroxyl groups is 1. The van der Waals surface area contributed by atoms with Gasteiger partial charge in [-0.2, -0.15) is 0 Å². The van der Waals surface area contributed by atoms with Gasteiger partial charge in [-0.25, -0.2) is 0 Å². The molecule has 0 radical (unpaired) electrons. The molecule has 0 unspecified atom stereocenters. The fraction of sp³-hybridized carbons (Fsp3) is 0.733. The molecule has 5 N–H and O–H groups in total. The van der Waals surface area contributed by atoms with E-state index in [1.165, 1.54) is 0 Å². The third-order valence-corrected chi connectivity index (χ3v) is 7.14. The Kier molecular flexibility index (Phi) is 16.2. The van der Waals surface area contributed by atoms with Gasteiger partial charge in [0.25, 0.3) is 5.91 Å². The Morgan fingerprint density at radius 2 is 1.71 bits per heavy atom. The number of carbonyl (C=O) groups is 2. The van der Waals surface area contributed by atoms with Gasteiger partial charge in [0.2, 0.25) is 5.91 Å². The van der Waals surface area contributed by atoms with E-state index in [1.807, 2.05) is 46.1 Å². The van der Waals surface area contributed by atoms with E-state index in [2.05, 4.69) is 36.3 Å². The lowest BCUT2D eigenvalue weighted by molar-refractivity contribution is -0.127. The van der Waals surface area contributed by atoms with Crippen molar-refractivity contribution in [2.45, 2.75) is 78.9 Å². The van der Waals surface area contributed by atoms with Gasteiger partial charge in [-0.05, 0) is 69.7 Å². The smallest absolute Gasteiger partial charge is 0.255 e. The highest BCUT2D eigenvalue weighted by atomic mass is 16.5. The van der Waals surface area contributed by atoms with Crippen LogP contribution in [0.5, 0.6) is 5.75 Å². The standard InChI is InChI=1S/C30H54N4O4/c1-8-9-15-32-30(37)25(22(4)5)19-27(35)26(31)18-23(21(2)3)20-33-29(36)24-13-10-11-14-28(24)38-17-12-16-34(6)7/h10-11,13-14,21-23,25-27,35H,8-9,12,15-20,31H2,1-7H3,(H,32,37)(H,33,36)/t23-,25-,26+,27+/m1/s1. The minimum Gasteiger partial charge on any atom is -0.493 e. The van der Waals surface area contributed by atoms with Crippen molar-refractivity contribution in [3.05, 3.63) is 29.8 Å². The Morgan fingerprint density at radius 1 is 1.03 bits per heavy atom. The van der Waals surface area contributed by atoms with Crippen molar-refractivity contribution < 1.29 is 19.4 Å². The van der Waals surface area contributed by atoms with E-state index in [1.54, 1.807) is 6.07 Å². The van der Waals surface area contributed by atoms with Crippen LogP contribution in [0.25, 0.3) is 0 Å². The van der Waals surface area contributed by atoms with Gasteiger partial charge in [0.05, 0.1) is 18.3 Å². The topological polar surface area (TPSA) is 117 Å². The summed E-state index contributed by atoms with van der Waals surface area (Å²) in [7, 11) is 4.04. The van der Waals surface area contributed by atoms with Crippen molar-refractivity contribution in [3.63, 3.8) is 0 Å². The molecule has 0 saturated heterocycles. The Hall–Kier alpha value is -2.16. The molecule has 0 heterocycles. The van der Waals surface area contributed by atoms with Crippen LogP contribution in [0.3, 0.4) is 0 Å². The molecular weight excluding hydrogens is 480 g/mol. The maximum Gasteiger partial charge on any atom is 0.255 e. The Bertz CT molecular complexity index is 815. The second kappa shape index (κ2) is 18.2. The molecule has 8 heteroatoms. The molecule has 1 aromatic carbocycles. The van der Waals surface area contributed by atoms with Crippen LogP contribution in [0.1, 0.15) is 77.1 Å². The number of nitrogens with zero attached hydrogens (tertiary/aromatic N) is 1. The molecule has 0 bridgehead atoms. The van der Waals surface area contributed by atoms with E-state index in [0.29, 0.717) is 43.9 Å². The van der Waals surface area contributed by atoms with E-state index in [-0.39, 0.29) is 35.5 Å². The van der Waals surface area contributed by atoms with Gasteiger partial charge in [-0.3, -0.25) is 9.59 Å². The van der Waals surface area contributed by atoms with Crippen LogP contribution in [-0.2, 0) is 4.79 Å². The van der Waals surface area contributed by atoms with Crippen molar-refractivity contribution >= 4 is 11.8 Å². The zero-order chi connectivity index (χ0) is 28.7. The number of benzene rings is 1. The van der Waals surface area contributed by atoms with E-state index in [4.69, 9.17) is 10.5 Å². The summed E-state index contributed by atoms with van der Waals surface area (Å²) in [6.45, 7) is 12.8. The second-order valence-electron chi connectivity index (χ2n) is 11.4. The number of unbranched alkanes of at least 4 members (excludes halogenated alkanes) is 1. The van der Waals surface area contributed by atoms with Crippen molar-refractivity contribution in [3.8, 4) is 5.75 Å². The summed E-state index contributed by atoms with van der Waals surface area (Å²) >= 11 is 0. The average molecular weight is 535 g/mol. The maximum atomic E-state index is 13.0. The highest BCUT2D eigenvalue weighted by Gasteiger charge is 2.29. The monoisotopic (exact) mass is 534 g/mol. The molecule has 0 saturated carbocycles. The number of ether oxygens (including phenoxy) is 1. The number of rotatable bonds is 19. The first-order chi connectivity index (χ1) is 18.0. The normalized spacial score (nSPS) is 14.8. The lowest BCUT2D eigenvalue weighted by atomic mass is 9.83. The highest BCUT2D eigenvalue weighted by molar-refractivity contribution is 5.96. The maximum absolute atomic E-state index is 13.0. The van der Waals surface area contributed by atoms with Gasteiger partial charge in [0, 0.05) is 31.6 Å². The summed E-state index contributed by atoms with van der Waals surface area (Å²) in [4.78, 5) is 27.8. The summed E-state index contributed by atoms with van der Waals surface area (Å²) in [5, 5.41) is 16.9. The molecule has 0 aliphatic carbocycles. The summed E-state index contributed by atoms with van der Waals surface area (Å²) in [5.74, 6) is 0.514. The van der Waals surface area contributed by atoms with Crippen LogP contribution in [0.2, 0.25) is 0 Å².